The van der Waals surface area contributed by atoms with E-state index in [9.17, 15) is 4.79 Å². The Kier molecular flexibility index (Phi) is 4.12. The standard InChI is InChI=1S/C11H14ClNO2/c1-7-4-3-5-8(12)11(7)9(13)6-10(14)15-2/h3-5,9H,6,13H2,1-2H3. The van der Waals surface area contributed by atoms with Crippen LogP contribution in [-0.4, -0.2) is 13.1 Å². The lowest BCUT2D eigenvalue weighted by atomic mass is 9.99. The number of benzene rings is 1. The Bertz CT molecular complexity index is 345. The molecule has 3 nitrogen and oxygen atoms in total. The van der Waals surface area contributed by atoms with Crippen molar-refractivity contribution in [3.05, 3.63) is 34.3 Å². The van der Waals surface area contributed by atoms with Gasteiger partial charge in [-0.25, -0.2) is 0 Å². The minimum absolute atomic E-state index is 0.140. The highest BCUT2D eigenvalue weighted by atomic mass is 35.5. The molecule has 0 amide bonds. The van der Waals surface area contributed by atoms with Gasteiger partial charge in [0, 0.05) is 11.1 Å². The van der Waals surface area contributed by atoms with Crippen molar-refractivity contribution in [1.29, 1.82) is 0 Å². The summed E-state index contributed by atoms with van der Waals surface area (Å²) in [6.45, 7) is 1.92. The first kappa shape index (κ1) is 12.0. The van der Waals surface area contributed by atoms with Gasteiger partial charge in [-0.2, -0.15) is 0 Å². The molecule has 1 atom stereocenters. The fraction of sp³-hybridized carbons (Fsp3) is 0.364. The quantitative estimate of drug-likeness (QED) is 0.806. The van der Waals surface area contributed by atoms with E-state index in [0.717, 1.165) is 11.1 Å². The Morgan fingerprint density at radius 2 is 2.27 bits per heavy atom. The lowest BCUT2D eigenvalue weighted by Crippen LogP contribution is -2.17. The molecule has 4 heteroatoms. The van der Waals surface area contributed by atoms with Gasteiger partial charge in [0.25, 0.3) is 0 Å². The third-order valence-corrected chi connectivity index (χ3v) is 2.59. The van der Waals surface area contributed by atoms with Gasteiger partial charge in [-0.05, 0) is 24.1 Å². The summed E-state index contributed by atoms with van der Waals surface area (Å²) in [4.78, 5) is 11.1. The van der Waals surface area contributed by atoms with Crippen LogP contribution < -0.4 is 5.73 Å². The van der Waals surface area contributed by atoms with Gasteiger partial charge in [-0.3, -0.25) is 4.79 Å². The summed E-state index contributed by atoms with van der Waals surface area (Å²) >= 11 is 6.02. The number of aryl methyl sites for hydroxylation is 1. The zero-order valence-electron chi connectivity index (χ0n) is 8.79. The van der Waals surface area contributed by atoms with E-state index >= 15 is 0 Å². The summed E-state index contributed by atoms with van der Waals surface area (Å²) in [5.41, 5.74) is 7.68. The average molecular weight is 228 g/mol. The summed E-state index contributed by atoms with van der Waals surface area (Å²) in [6.07, 6.45) is 0.140. The Morgan fingerprint density at radius 1 is 1.60 bits per heavy atom. The number of nitrogens with two attached hydrogens (primary N) is 1. The number of hydrogen-bond acceptors (Lipinski definition) is 3. The predicted molar refractivity (Wildman–Crippen MR) is 59.8 cm³/mol. The molecule has 1 unspecified atom stereocenters. The molecule has 0 aliphatic carbocycles. The highest BCUT2D eigenvalue weighted by Gasteiger charge is 2.16. The average Bonchev–Trinajstić information content (AvgIpc) is 2.17. The molecule has 0 spiro atoms. The highest BCUT2D eigenvalue weighted by molar-refractivity contribution is 6.31. The number of methoxy groups -OCH3 is 1. The van der Waals surface area contributed by atoms with E-state index in [1.807, 2.05) is 19.1 Å². The third kappa shape index (κ3) is 2.94. The number of rotatable bonds is 3. The number of carbonyl (C=O) groups excluding carboxylic acids is 1. The van der Waals surface area contributed by atoms with Crippen LogP contribution in [0.25, 0.3) is 0 Å². The molecular weight excluding hydrogens is 214 g/mol. The summed E-state index contributed by atoms with van der Waals surface area (Å²) in [6, 6.07) is 5.12. The maximum absolute atomic E-state index is 11.1. The number of hydrogen-bond donors (Lipinski definition) is 1. The van der Waals surface area contributed by atoms with Gasteiger partial charge in [0.2, 0.25) is 0 Å². The van der Waals surface area contributed by atoms with Crippen molar-refractivity contribution in [3.8, 4) is 0 Å². The Morgan fingerprint density at radius 3 is 2.80 bits per heavy atom. The van der Waals surface area contributed by atoms with Crippen LogP contribution in [0.2, 0.25) is 5.02 Å². The SMILES string of the molecule is COC(=O)CC(N)c1c(C)cccc1Cl. The fourth-order valence-corrected chi connectivity index (χ4v) is 1.84. The molecule has 1 aromatic carbocycles. The van der Waals surface area contributed by atoms with Crippen LogP contribution in [0.5, 0.6) is 0 Å². The normalized spacial score (nSPS) is 12.3. The van der Waals surface area contributed by atoms with E-state index in [4.69, 9.17) is 17.3 Å². The van der Waals surface area contributed by atoms with Crippen molar-refractivity contribution in [2.24, 2.45) is 5.73 Å². The number of carbonyl (C=O) groups is 1. The second-order valence-corrected chi connectivity index (χ2v) is 3.76. The van der Waals surface area contributed by atoms with Gasteiger partial charge in [0.05, 0.1) is 13.5 Å². The van der Waals surface area contributed by atoms with E-state index in [2.05, 4.69) is 4.74 Å². The Balaban J connectivity index is 2.90. The monoisotopic (exact) mass is 227 g/mol. The molecule has 0 radical (unpaired) electrons. The summed E-state index contributed by atoms with van der Waals surface area (Å²) in [5, 5.41) is 0.589. The second-order valence-electron chi connectivity index (χ2n) is 3.36. The first-order valence-corrected chi connectivity index (χ1v) is 5.01. The molecule has 0 aliphatic heterocycles. The van der Waals surface area contributed by atoms with Crippen molar-refractivity contribution in [2.75, 3.05) is 7.11 Å². The van der Waals surface area contributed by atoms with Crippen LogP contribution in [0, 0.1) is 6.92 Å². The second kappa shape index (κ2) is 5.14. The van der Waals surface area contributed by atoms with Gasteiger partial charge in [-0.15, -0.1) is 0 Å². The molecule has 15 heavy (non-hydrogen) atoms. The van der Waals surface area contributed by atoms with Crippen LogP contribution in [0.1, 0.15) is 23.6 Å². The molecule has 0 aromatic heterocycles. The summed E-state index contributed by atoms with van der Waals surface area (Å²) in [7, 11) is 1.34. The van der Waals surface area contributed by atoms with Crippen LogP contribution >= 0.6 is 11.6 Å². The number of ether oxygens (including phenoxy) is 1. The number of esters is 1. The maximum Gasteiger partial charge on any atom is 0.307 e. The molecule has 0 bridgehead atoms. The van der Waals surface area contributed by atoms with Crippen LogP contribution in [-0.2, 0) is 9.53 Å². The first-order chi connectivity index (χ1) is 7.06. The van der Waals surface area contributed by atoms with E-state index in [1.54, 1.807) is 6.07 Å². The molecule has 1 rings (SSSR count). The zero-order chi connectivity index (χ0) is 11.4. The van der Waals surface area contributed by atoms with Crippen molar-refractivity contribution >= 4 is 17.6 Å². The largest absolute Gasteiger partial charge is 0.469 e. The predicted octanol–water partition coefficient (Wildman–Crippen LogP) is 2.21. The smallest absolute Gasteiger partial charge is 0.307 e. The third-order valence-electron chi connectivity index (χ3n) is 2.26. The van der Waals surface area contributed by atoms with Crippen molar-refractivity contribution < 1.29 is 9.53 Å². The van der Waals surface area contributed by atoms with Gasteiger partial charge in [0.15, 0.2) is 0 Å². The van der Waals surface area contributed by atoms with Gasteiger partial charge in [0.1, 0.15) is 0 Å². The van der Waals surface area contributed by atoms with E-state index < -0.39 is 6.04 Å². The molecule has 82 valence electrons. The molecule has 0 saturated carbocycles. The molecule has 1 aromatic rings. The minimum Gasteiger partial charge on any atom is -0.469 e. The molecule has 0 aliphatic rings. The van der Waals surface area contributed by atoms with Crippen molar-refractivity contribution in [3.63, 3.8) is 0 Å². The van der Waals surface area contributed by atoms with Crippen LogP contribution in [0.3, 0.4) is 0 Å². The molecule has 0 saturated heterocycles. The van der Waals surface area contributed by atoms with Crippen LogP contribution in [0.4, 0.5) is 0 Å². The summed E-state index contributed by atoms with van der Waals surface area (Å²) in [5.74, 6) is -0.332. The lowest BCUT2D eigenvalue weighted by molar-refractivity contribution is -0.141. The summed E-state index contributed by atoms with van der Waals surface area (Å²) < 4.78 is 4.56. The van der Waals surface area contributed by atoms with Crippen molar-refractivity contribution in [1.82, 2.24) is 0 Å². The molecule has 0 fully saturated rings. The molecular formula is C11H14ClNO2. The van der Waals surface area contributed by atoms with Gasteiger partial charge >= 0.3 is 5.97 Å². The topological polar surface area (TPSA) is 52.3 Å². The maximum atomic E-state index is 11.1. The first-order valence-electron chi connectivity index (χ1n) is 4.63. The highest BCUT2D eigenvalue weighted by Crippen LogP contribution is 2.26. The minimum atomic E-state index is -0.411. The molecule has 0 heterocycles. The Hall–Kier alpha value is -1.06. The van der Waals surface area contributed by atoms with E-state index in [1.165, 1.54) is 7.11 Å². The fourth-order valence-electron chi connectivity index (χ4n) is 1.48. The zero-order valence-corrected chi connectivity index (χ0v) is 9.54. The van der Waals surface area contributed by atoms with Crippen LogP contribution in [0.15, 0.2) is 18.2 Å². The lowest BCUT2D eigenvalue weighted by Gasteiger charge is -2.15. The molecule has 2 N–H and O–H groups in total. The van der Waals surface area contributed by atoms with E-state index in [-0.39, 0.29) is 12.4 Å². The van der Waals surface area contributed by atoms with Gasteiger partial charge < -0.3 is 10.5 Å². The van der Waals surface area contributed by atoms with Crippen molar-refractivity contribution in [2.45, 2.75) is 19.4 Å². The number of halogens is 1. The van der Waals surface area contributed by atoms with Gasteiger partial charge in [-0.1, -0.05) is 23.7 Å². The van der Waals surface area contributed by atoms with E-state index in [0.29, 0.717) is 5.02 Å². The Labute approximate surface area is 94.2 Å².